The van der Waals surface area contributed by atoms with Crippen LogP contribution in [0.3, 0.4) is 0 Å². The van der Waals surface area contributed by atoms with Crippen LogP contribution >= 0.6 is 0 Å². The summed E-state index contributed by atoms with van der Waals surface area (Å²) in [5.41, 5.74) is 0.463. The van der Waals surface area contributed by atoms with E-state index in [1.54, 1.807) is 0 Å². The van der Waals surface area contributed by atoms with Crippen LogP contribution in [0.4, 0.5) is 0 Å². The zero-order valence-corrected chi connectivity index (χ0v) is 7.78. The van der Waals surface area contributed by atoms with Crippen LogP contribution in [0.25, 0.3) is 0 Å². The summed E-state index contributed by atoms with van der Waals surface area (Å²) in [5.74, 6) is 0. The maximum Gasteiger partial charge on any atom is -0.0302 e. The van der Waals surface area contributed by atoms with E-state index in [1.807, 2.05) is 0 Å². The molecule has 60 valence electrons. The fourth-order valence-electron chi connectivity index (χ4n) is 0.721. The molecule has 0 saturated heterocycles. The van der Waals surface area contributed by atoms with E-state index >= 15 is 0 Å². The molecule has 0 rings (SSSR count). The van der Waals surface area contributed by atoms with Crippen LogP contribution in [-0.2, 0) is 0 Å². The molecule has 0 aliphatic rings. The van der Waals surface area contributed by atoms with Gasteiger partial charge in [0.2, 0.25) is 0 Å². The summed E-state index contributed by atoms with van der Waals surface area (Å²) in [6.45, 7) is 9.01. The summed E-state index contributed by atoms with van der Waals surface area (Å²) in [7, 11) is 0. The van der Waals surface area contributed by atoms with Gasteiger partial charge in [-0.15, -0.1) is 0 Å². The Labute approximate surface area is 65.3 Å². The normalized spacial score (nSPS) is 12.8. The maximum absolute atomic E-state index is 2.30. The zero-order chi connectivity index (χ0) is 8.04. The molecule has 0 aliphatic carbocycles. The third kappa shape index (κ3) is 7.74. The van der Waals surface area contributed by atoms with E-state index in [1.165, 1.54) is 19.3 Å². The van der Waals surface area contributed by atoms with Crippen molar-refractivity contribution in [3.8, 4) is 0 Å². The predicted octanol–water partition coefficient (Wildman–Crippen LogP) is 3.78. The van der Waals surface area contributed by atoms with Crippen molar-refractivity contribution in [1.82, 2.24) is 0 Å². The standard InChI is InChI=1S/C10H20/c1-5-6-7-8-9-10(2,3)4/h7-8H,5-6,9H2,1-4H3/b8-7+. The van der Waals surface area contributed by atoms with Gasteiger partial charge in [0.25, 0.3) is 0 Å². The summed E-state index contributed by atoms with van der Waals surface area (Å²) < 4.78 is 0. The molecule has 0 spiro atoms. The van der Waals surface area contributed by atoms with Gasteiger partial charge in [-0.05, 0) is 18.3 Å². The SMILES string of the molecule is CCC/C=C/CC(C)(C)C. The summed E-state index contributed by atoms with van der Waals surface area (Å²) in [5, 5.41) is 0. The minimum absolute atomic E-state index is 0.463. The first kappa shape index (κ1) is 9.74. The predicted molar refractivity (Wildman–Crippen MR) is 48.1 cm³/mol. The number of unbranched alkanes of at least 4 members (excludes halogenated alkanes) is 1. The van der Waals surface area contributed by atoms with Crippen LogP contribution < -0.4 is 0 Å². The third-order valence-electron chi connectivity index (χ3n) is 1.35. The molecule has 0 heterocycles. The Hall–Kier alpha value is -0.260. The van der Waals surface area contributed by atoms with Crippen molar-refractivity contribution in [2.75, 3.05) is 0 Å². The number of hydrogen-bond acceptors (Lipinski definition) is 0. The minimum Gasteiger partial charge on any atom is -0.0885 e. The second-order valence-corrected chi connectivity index (χ2v) is 4.02. The Morgan fingerprint density at radius 2 is 1.70 bits per heavy atom. The molecule has 0 heteroatoms. The lowest BCUT2D eigenvalue weighted by Crippen LogP contribution is -2.01. The summed E-state index contributed by atoms with van der Waals surface area (Å²) in [4.78, 5) is 0. The van der Waals surface area contributed by atoms with E-state index in [0.717, 1.165) is 0 Å². The molecular formula is C10H20. The van der Waals surface area contributed by atoms with Crippen LogP contribution in [0.1, 0.15) is 47.0 Å². The molecule has 10 heavy (non-hydrogen) atoms. The molecule has 0 amide bonds. The number of allylic oxidation sites excluding steroid dienone is 2. The lowest BCUT2D eigenvalue weighted by molar-refractivity contribution is 0.420. The number of rotatable bonds is 3. The third-order valence-corrected chi connectivity index (χ3v) is 1.35. The van der Waals surface area contributed by atoms with Gasteiger partial charge < -0.3 is 0 Å². The summed E-state index contributed by atoms with van der Waals surface area (Å²) in [6, 6.07) is 0. The Kier molecular flexibility index (Phi) is 4.42. The van der Waals surface area contributed by atoms with E-state index < -0.39 is 0 Å². The fraction of sp³-hybridized carbons (Fsp3) is 0.800. The average Bonchev–Trinajstić information content (AvgIpc) is 1.78. The number of hydrogen-bond donors (Lipinski definition) is 0. The highest BCUT2D eigenvalue weighted by Gasteiger charge is 2.05. The highest BCUT2D eigenvalue weighted by atomic mass is 14.1. The van der Waals surface area contributed by atoms with Crippen LogP contribution in [0.15, 0.2) is 12.2 Å². The minimum atomic E-state index is 0.463. The first-order valence-corrected chi connectivity index (χ1v) is 4.21. The Morgan fingerprint density at radius 3 is 2.10 bits per heavy atom. The smallest absolute Gasteiger partial charge is 0.0302 e. The van der Waals surface area contributed by atoms with Gasteiger partial charge in [0.15, 0.2) is 0 Å². The van der Waals surface area contributed by atoms with Crippen molar-refractivity contribution in [2.24, 2.45) is 5.41 Å². The molecule has 0 aliphatic heterocycles. The van der Waals surface area contributed by atoms with Crippen LogP contribution in [0, 0.1) is 5.41 Å². The van der Waals surface area contributed by atoms with Crippen molar-refractivity contribution in [1.29, 1.82) is 0 Å². The molecule has 0 aromatic carbocycles. The highest BCUT2D eigenvalue weighted by molar-refractivity contribution is 4.85. The van der Waals surface area contributed by atoms with E-state index in [-0.39, 0.29) is 0 Å². The van der Waals surface area contributed by atoms with Crippen molar-refractivity contribution >= 4 is 0 Å². The Morgan fingerprint density at radius 1 is 1.10 bits per heavy atom. The van der Waals surface area contributed by atoms with Gasteiger partial charge >= 0.3 is 0 Å². The quantitative estimate of drug-likeness (QED) is 0.523. The van der Waals surface area contributed by atoms with Crippen molar-refractivity contribution in [3.63, 3.8) is 0 Å². The Bertz CT molecular complexity index is 93.1. The Balaban J connectivity index is 3.34. The van der Waals surface area contributed by atoms with Crippen LogP contribution in [0.5, 0.6) is 0 Å². The average molecular weight is 140 g/mol. The zero-order valence-electron chi connectivity index (χ0n) is 7.78. The van der Waals surface area contributed by atoms with Gasteiger partial charge in [-0.25, -0.2) is 0 Å². The molecule has 0 saturated carbocycles. The lowest BCUT2D eigenvalue weighted by atomic mass is 9.92. The maximum atomic E-state index is 2.30. The molecule has 0 nitrogen and oxygen atoms in total. The monoisotopic (exact) mass is 140 g/mol. The van der Waals surface area contributed by atoms with Gasteiger partial charge in [-0.3, -0.25) is 0 Å². The molecule has 0 bridgehead atoms. The highest BCUT2D eigenvalue weighted by Crippen LogP contribution is 2.18. The van der Waals surface area contributed by atoms with Crippen LogP contribution in [0.2, 0.25) is 0 Å². The largest absolute Gasteiger partial charge is 0.0885 e. The van der Waals surface area contributed by atoms with Crippen molar-refractivity contribution < 1.29 is 0 Å². The van der Waals surface area contributed by atoms with Gasteiger partial charge in [0, 0.05) is 0 Å². The fourth-order valence-corrected chi connectivity index (χ4v) is 0.721. The molecule has 0 aromatic rings. The van der Waals surface area contributed by atoms with Gasteiger partial charge in [0.1, 0.15) is 0 Å². The van der Waals surface area contributed by atoms with E-state index in [0.29, 0.717) is 5.41 Å². The first-order chi connectivity index (χ1) is 4.56. The van der Waals surface area contributed by atoms with E-state index in [2.05, 4.69) is 39.8 Å². The second kappa shape index (κ2) is 4.54. The topological polar surface area (TPSA) is 0 Å². The molecule has 0 atom stereocenters. The van der Waals surface area contributed by atoms with E-state index in [9.17, 15) is 0 Å². The summed E-state index contributed by atoms with van der Waals surface area (Å²) in [6.07, 6.45) is 8.28. The van der Waals surface area contributed by atoms with Crippen molar-refractivity contribution in [3.05, 3.63) is 12.2 Å². The molecule has 0 N–H and O–H groups in total. The van der Waals surface area contributed by atoms with Gasteiger partial charge in [-0.1, -0.05) is 46.3 Å². The molecular weight excluding hydrogens is 120 g/mol. The van der Waals surface area contributed by atoms with Crippen molar-refractivity contribution in [2.45, 2.75) is 47.0 Å². The summed E-state index contributed by atoms with van der Waals surface area (Å²) >= 11 is 0. The lowest BCUT2D eigenvalue weighted by Gasteiger charge is -2.14. The van der Waals surface area contributed by atoms with Gasteiger partial charge in [-0.2, -0.15) is 0 Å². The van der Waals surface area contributed by atoms with Gasteiger partial charge in [0.05, 0.1) is 0 Å². The molecule has 0 fully saturated rings. The molecule has 0 unspecified atom stereocenters. The molecule has 0 radical (unpaired) electrons. The second-order valence-electron chi connectivity index (χ2n) is 4.02. The molecule has 0 aromatic heterocycles. The first-order valence-electron chi connectivity index (χ1n) is 4.21. The van der Waals surface area contributed by atoms with E-state index in [4.69, 9.17) is 0 Å². The van der Waals surface area contributed by atoms with Crippen LogP contribution in [-0.4, -0.2) is 0 Å².